The van der Waals surface area contributed by atoms with Crippen LogP contribution in [0, 0.1) is 6.92 Å². The van der Waals surface area contributed by atoms with E-state index < -0.39 is 34.7 Å². The third kappa shape index (κ3) is 2.23. The van der Waals surface area contributed by atoms with Crippen LogP contribution in [0.15, 0.2) is 12.1 Å². The summed E-state index contributed by atoms with van der Waals surface area (Å²) in [5.74, 6) is 0. The number of halogens is 6. The van der Waals surface area contributed by atoms with E-state index in [1.54, 1.807) is 0 Å². The van der Waals surface area contributed by atoms with Crippen molar-refractivity contribution in [2.45, 2.75) is 19.3 Å². The van der Waals surface area contributed by atoms with Crippen molar-refractivity contribution in [2.24, 2.45) is 0 Å². The monoisotopic (exact) mass is 243 g/mol. The van der Waals surface area contributed by atoms with E-state index in [1.807, 2.05) is 0 Å². The van der Waals surface area contributed by atoms with Gasteiger partial charge in [0.25, 0.3) is 0 Å². The Kier molecular flexibility index (Phi) is 2.82. The first-order valence-corrected chi connectivity index (χ1v) is 4.08. The summed E-state index contributed by atoms with van der Waals surface area (Å²) < 4.78 is 74.3. The molecule has 90 valence electrons. The zero-order valence-electron chi connectivity index (χ0n) is 8.00. The largest absolute Gasteiger partial charge is 0.418 e. The zero-order valence-corrected chi connectivity index (χ0v) is 8.00. The number of hydrogen-bond acceptors (Lipinski definition) is 1. The predicted molar refractivity (Wildman–Crippen MR) is 45.6 cm³/mol. The molecule has 1 rings (SSSR count). The summed E-state index contributed by atoms with van der Waals surface area (Å²) in [6.07, 6.45) is -9.72. The van der Waals surface area contributed by atoms with Gasteiger partial charge in [-0.05, 0) is 24.6 Å². The average molecular weight is 243 g/mol. The van der Waals surface area contributed by atoms with Crippen molar-refractivity contribution in [1.29, 1.82) is 0 Å². The summed E-state index contributed by atoms with van der Waals surface area (Å²) in [6, 6.07) is 1.15. The van der Waals surface area contributed by atoms with Gasteiger partial charge in [-0.1, -0.05) is 0 Å². The van der Waals surface area contributed by atoms with Crippen LogP contribution in [0.1, 0.15) is 16.7 Å². The number of rotatable bonds is 0. The van der Waals surface area contributed by atoms with Gasteiger partial charge in [0.2, 0.25) is 0 Å². The van der Waals surface area contributed by atoms with E-state index in [0.717, 1.165) is 6.92 Å². The Balaban J connectivity index is 3.52. The molecule has 0 aliphatic rings. The minimum Gasteiger partial charge on any atom is -0.398 e. The van der Waals surface area contributed by atoms with Crippen molar-refractivity contribution in [3.8, 4) is 0 Å². The van der Waals surface area contributed by atoms with Crippen molar-refractivity contribution in [3.05, 3.63) is 28.8 Å². The summed E-state index contributed by atoms with van der Waals surface area (Å²) in [5.41, 5.74) is 0.666. The lowest BCUT2D eigenvalue weighted by atomic mass is 10.00. The second-order valence-electron chi connectivity index (χ2n) is 3.20. The van der Waals surface area contributed by atoms with Gasteiger partial charge >= 0.3 is 12.4 Å². The number of alkyl halides is 6. The highest BCUT2D eigenvalue weighted by molar-refractivity contribution is 5.55. The molecule has 0 amide bonds. The Hall–Kier alpha value is -1.40. The van der Waals surface area contributed by atoms with Crippen LogP contribution in [-0.4, -0.2) is 0 Å². The molecular weight excluding hydrogens is 236 g/mol. The molecule has 0 aliphatic heterocycles. The molecule has 0 heterocycles. The van der Waals surface area contributed by atoms with Crippen molar-refractivity contribution >= 4 is 5.69 Å². The maximum Gasteiger partial charge on any atom is 0.418 e. The third-order valence-corrected chi connectivity index (χ3v) is 2.09. The van der Waals surface area contributed by atoms with E-state index in [9.17, 15) is 26.3 Å². The Bertz CT molecular complexity index is 404. The molecule has 0 aliphatic carbocycles. The molecule has 0 radical (unpaired) electrons. The Morgan fingerprint density at radius 1 is 0.938 bits per heavy atom. The summed E-state index contributed by atoms with van der Waals surface area (Å²) in [7, 11) is 0. The molecule has 7 heteroatoms. The molecule has 0 saturated carbocycles. The molecule has 0 saturated heterocycles. The van der Waals surface area contributed by atoms with Gasteiger partial charge in [-0.3, -0.25) is 0 Å². The van der Waals surface area contributed by atoms with Gasteiger partial charge < -0.3 is 5.73 Å². The van der Waals surface area contributed by atoms with Gasteiger partial charge in [0, 0.05) is 5.69 Å². The predicted octanol–water partition coefficient (Wildman–Crippen LogP) is 3.61. The number of nitrogens with two attached hydrogens (primary N) is 1. The molecule has 0 fully saturated rings. The quantitative estimate of drug-likeness (QED) is 0.546. The second-order valence-corrected chi connectivity index (χ2v) is 3.20. The molecule has 1 aromatic carbocycles. The van der Waals surface area contributed by atoms with E-state index in [1.165, 1.54) is 0 Å². The van der Waals surface area contributed by atoms with Crippen molar-refractivity contribution in [2.75, 3.05) is 5.73 Å². The lowest BCUT2D eigenvalue weighted by Gasteiger charge is -2.17. The summed E-state index contributed by atoms with van der Waals surface area (Å²) in [6.45, 7) is 0.752. The first-order chi connectivity index (χ1) is 7.05. The van der Waals surface area contributed by atoms with Gasteiger partial charge in [0.1, 0.15) is 0 Å². The normalized spacial score (nSPS) is 12.9. The van der Waals surface area contributed by atoms with E-state index >= 15 is 0 Å². The molecule has 1 aromatic rings. The Morgan fingerprint density at radius 2 is 1.44 bits per heavy atom. The van der Waals surface area contributed by atoms with Crippen molar-refractivity contribution in [1.82, 2.24) is 0 Å². The smallest absolute Gasteiger partial charge is 0.398 e. The molecule has 0 spiro atoms. The number of hydrogen-bond donors (Lipinski definition) is 1. The Morgan fingerprint density at radius 3 is 1.81 bits per heavy atom. The fourth-order valence-electron chi connectivity index (χ4n) is 1.42. The molecule has 0 atom stereocenters. The molecule has 2 N–H and O–H groups in total. The highest BCUT2D eigenvalue weighted by atomic mass is 19.4. The summed E-state index contributed by atoms with van der Waals surface area (Å²) >= 11 is 0. The summed E-state index contributed by atoms with van der Waals surface area (Å²) in [4.78, 5) is 0. The standard InChI is InChI=1S/C9H7F6N/c1-4-5(8(10,11)12)2-3-6(16)7(4)9(13,14)15/h2-3H,16H2,1H3. The number of benzene rings is 1. The first-order valence-electron chi connectivity index (χ1n) is 4.08. The van der Waals surface area contributed by atoms with Crippen LogP contribution < -0.4 is 5.73 Å². The van der Waals surface area contributed by atoms with Crippen molar-refractivity contribution < 1.29 is 26.3 Å². The van der Waals surface area contributed by atoms with Gasteiger partial charge in [0.05, 0.1) is 11.1 Å². The highest BCUT2D eigenvalue weighted by Crippen LogP contribution is 2.41. The highest BCUT2D eigenvalue weighted by Gasteiger charge is 2.40. The van der Waals surface area contributed by atoms with Gasteiger partial charge in [-0.2, -0.15) is 26.3 Å². The molecule has 0 aromatic heterocycles. The lowest BCUT2D eigenvalue weighted by Crippen LogP contribution is -2.16. The molecule has 0 bridgehead atoms. The first kappa shape index (κ1) is 12.7. The zero-order chi connectivity index (χ0) is 12.7. The lowest BCUT2D eigenvalue weighted by molar-refractivity contribution is -0.143. The molecular formula is C9H7F6N. The fraction of sp³-hybridized carbons (Fsp3) is 0.333. The number of anilines is 1. The van der Waals surface area contributed by atoms with E-state index in [4.69, 9.17) is 5.73 Å². The van der Waals surface area contributed by atoms with Crippen LogP contribution in [0.4, 0.5) is 32.0 Å². The van der Waals surface area contributed by atoms with E-state index in [0.29, 0.717) is 12.1 Å². The van der Waals surface area contributed by atoms with Crippen LogP contribution in [-0.2, 0) is 12.4 Å². The minimum absolute atomic E-state index is 0.542. The molecule has 1 nitrogen and oxygen atoms in total. The maximum absolute atomic E-state index is 12.4. The molecule has 0 unspecified atom stereocenters. The second kappa shape index (κ2) is 3.57. The minimum atomic E-state index is -4.89. The third-order valence-electron chi connectivity index (χ3n) is 2.09. The molecule has 16 heavy (non-hydrogen) atoms. The maximum atomic E-state index is 12.4. The van der Waals surface area contributed by atoms with Gasteiger partial charge in [0.15, 0.2) is 0 Å². The van der Waals surface area contributed by atoms with Gasteiger partial charge in [-0.25, -0.2) is 0 Å². The van der Waals surface area contributed by atoms with E-state index in [-0.39, 0.29) is 0 Å². The Labute approximate surface area is 86.9 Å². The van der Waals surface area contributed by atoms with Crippen LogP contribution in [0.25, 0.3) is 0 Å². The van der Waals surface area contributed by atoms with Gasteiger partial charge in [-0.15, -0.1) is 0 Å². The van der Waals surface area contributed by atoms with Crippen molar-refractivity contribution in [3.63, 3.8) is 0 Å². The average Bonchev–Trinajstić information content (AvgIpc) is 1.97. The van der Waals surface area contributed by atoms with Crippen LogP contribution in [0.3, 0.4) is 0 Å². The topological polar surface area (TPSA) is 26.0 Å². The van der Waals surface area contributed by atoms with Crippen LogP contribution >= 0.6 is 0 Å². The summed E-state index contributed by atoms with van der Waals surface area (Å²) in [5, 5.41) is 0. The van der Waals surface area contributed by atoms with Crippen LogP contribution in [0.5, 0.6) is 0 Å². The number of nitrogen functional groups attached to an aromatic ring is 1. The fourth-order valence-corrected chi connectivity index (χ4v) is 1.42. The van der Waals surface area contributed by atoms with Crippen LogP contribution in [0.2, 0.25) is 0 Å². The van der Waals surface area contributed by atoms with E-state index in [2.05, 4.69) is 0 Å². The SMILES string of the molecule is Cc1c(C(F)(F)F)ccc(N)c1C(F)(F)F.